The molecule has 1 heterocycles. The summed E-state index contributed by atoms with van der Waals surface area (Å²) in [5.41, 5.74) is 0. The van der Waals surface area contributed by atoms with Crippen LogP contribution >= 0.6 is 0 Å². The van der Waals surface area contributed by atoms with Crippen LogP contribution in [0.15, 0.2) is 60.8 Å². The molecule has 0 saturated carbocycles. The molecule has 1 N–H and O–H groups in total. The number of nitrogens with one attached hydrogen (secondary N) is 1. The van der Waals surface area contributed by atoms with Crippen molar-refractivity contribution in [2.45, 2.75) is 0 Å². The van der Waals surface area contributed by atoms with Gasteiger partial charge in [-0.3, -0.25) is 0 Å². The van der Waals surface area contributed by atoms with Crippen molar-refractivity contribution < 1.29 is 23.3 Å². The quantitative estimate of drug-likeness (QED) is 0.461. The van der Waals surface area contributed by atoms with E-state index in [9.17, 15) is 0 Å². The molecule has 0 amide bonds. The smallest absolute Gasteiger partial charge is 0.0809 e. The van der Waals surface area contributed by atoms with Crippen LogP contribution in [0.1, 0.15) is 0 Å². The number of fused-ring (bicyclic) bond motifs is 1. The molecule has 0 saturated heterocycles. The fourth-order valence-corrected chi connectivity index (χ4v) is 1.31. The number of aromatic nitrogens is 1. The average molecular weight is 346 g/mol. The van der Waals surface area contributed by atoms with E-state index in [1.807, 2.05) is 18.3 Å². The minimum absolute atomic E-state index is 0. The van der Waals surface area contributed by atoms with Crippen molar-refractivity contribution in [2.75, 3.05) is 0 Å². The average Bonchev–Trinajstić information content (AvgIpc) is 3.06. The van der Waals surface area contributed by atoms with E-state index in [1.54, 1.807) is 0 Å². The molecule has 0 aliphatic heterocycles. The molecule has 3 heteroatoms. The topological polar surface area (TPSA) is 15.8 Å². The Morgan fingerprint density at radius 1 is 1.00 bits per heavy atom. The number of H-pyrrole nitrogens is 1. The van der Waals surface area contributed by atoms with Crippen molar-refractivity contribution in [3.8, 4) is 0 Å². The molecular formula is C16H20NSiZr-5. The summed E-state index contributed by atoms with van der Waals surface area (Å²) >= 11 is 1.36. The first kappa shape index (κ1) is 23.3. The van der Waals surface area contributed by atoms with Gasteiger partial charge in [0.25, 0.3) is 0 Å². The third kappa shape index (κ3) is 8.85. The van der Waals surface area contributed by atoms with Gasteiger partial charge in [-0.2, -0.15) is 35.8 Å². The van der Waals surface area contributed by atoms with Gasteiger partial charge in [0.2, 0.25) is 0 Å². The van der Waals surface area contributed by atoms with Crippen LogP contribution in [0.2, 0.25) is 0 Å². The molecule has 19 heavy (non-hydrogen) atoms. The molecule has 1 nitrogen and oxygen atoms in total. The van der Waals surface area contributed by atoms with E-state index in [0.717, 1.165) is 0 Å². The van der Waals surface area contributed by atoms with Crippen molar-refractivity contribution in [2.24, 2.45) is 0 Å². The Morgan fingerprint density at radius 3 is 2.16 bits per heavy atom. The summed E-state index contributed by atoms with van der Waals surface area (Å²) in [7, 11) is 0. The molecule has 3 rings (SSSR count). The predicted molar refractivity (Wildman–Crippen MR) is 84.2 cm³/mol. The zero-order valence-corrected chi connectivity index (χ0v) is 15.2. The number of rotatable bonds is 0. The number of hydrogen-bond acceptors (Lipinski definition) is 0. The van der Waals surface area contributed by atoms with Gasteiger partial charge in [-0.25, -0.2) is 0 Å². The van der Waals surface area contributed by atoms with Crippen LogP contribution in [0, 0.1) is 28.5 Å². The molecule has 3 aromatic rings. The summed E-state index contributed by atoms with van der Waals surface area (Å²) in [5, 5.41) is 2.66. The van der Waals surface area contributed by atoms with E-state index < -0.39 is 0 Å². The number of aromatic amines is 1. The molecule has 0 aliphatic rings. The second kappa shape index (κ2) is 15.3. The largest absolute Gasteiger partial charge is 0.484 e. The molecule has 1 aromatic heterocycles. The van der Waals surface area contributed by atoms with Crippen molar-refractivity contribution in [3.05, 3.63) is 89.3 Å². The first-order valence-electron chi connectivity index (χ1n) is 4.82. The molecule has 102 valence electrons. The maximum absolute atomic E-state index is 3.06. The molecule has 2 aromatic carbocycles. The SMILES string of the molecule is [CH3-].[CH3-].[CH3-].[Si]=[Zr].[c-]1ccc[nH]1.c1ccc2[cH-]ccc2c1. The van der Waals surface area contributed by atoms with Crippen molar-refractivity contribution in [1.29, 1.82) is 0 Å². The van der Waals surface area contributed by atoms with Gasteiger partial charge >= 0.3 is 30.2 Å². The summed E-state index contributed by atoms with van der Waals surface area (Å²) in [6.07, 6.45) is 4.56. The number of benzene rings is 1. The fourth-order valence-electron chi connectivity index (χ4n) is 1.31. The first-order chi connectivity index (χ1) is 7.97. The summed E-state index contributed by atoms with van der Waals surface area (Å²) in [5.74, 6) is 0. The van der Waals surface area contributed by atoms with E-state index in [-0.39, 0.29) is 22.3 Å². The van der Waals surface area contributed by atoms with E-state index in [4.69, 9.17) is 0 Å². The molecular weight excluding hydrogens is 325 g/mol. The minimum Gasteiger partial charge on any atom is -0.484 e. The zero-order valence-electron chi connectivity index (χ0n) is 11.8. The van der Waals surface area contributed by atoms with E-state index >= 15 is 0 Å². The Balaban J connectivity index is -0.000000227. The molecule has 0 fully saturated rings. The van der Waals surface area contributed by atoms with Crippen LogP contribution in [0.4, 0.5) is 0 Å². The maximum Gasteiger partial charge on any atom is -0.0809 e. The van der Waals surface area contributed by atoms with Crippen LogP contribution in [-0.2, 0) is 23.3 Å². The van der Waals surface area contributed by atoms with Gasteiger partial charge in [-0.1, -0.05) is 6.07 Å². The third-order valence-electron chi connectivity index (χ3n) is 1.99. The molecule has 2 radical (unpaired) electrons. The second-order valence-corrected chi connectivity index (χ2v) is 2.97. The van der Waals surface area contributed by atoms with Gasteiger partial charge in [-0.15, -0.1) is 35.8 Å². The van der Waals surface area contributed by atoms with Gasteiger partial charge < -0.3 is 27.3 Å². The predicted octanol–water partition coefficient (Wildman–Crippen LogP) is 4.34. The summed E-state index contributed by atoms with van der Waals surface area (Å²) in [6, 6.07) is 18.4. The summed E-state index contributed by atoms with van der Waals surface area (Å²) in [6.45, 7) is 3.06. The summed E-state index contributed by atoms with van der Waals surface area (Å²) < 4.78 is 0. The van der Waals surface area contributed by atoms with Gasteiger partial charge in [-0.05, 0) is 0 Å². The zero-order chi connectivity index (χ0) is 11.6. The Hall–Kier alpha value is -0.790. The molecule has 0 spiro atoms. The van der Waals surface area contributed by atoms with Crippen molar-refractivity contribution in [3.63, 3.8) is 0 Å². The van der Waals surface area contributed by atoms with Crippen molar-refractivity contribution >= 4 is 17.7 Å². The van der Waals surface area contributed by atoms with Gasteiger partial charge in [0, 0.05) is 0 Å². The Labute approximate surface area is 135 Å². The molecule has 0 atom stereocenters. The monoisotopic (exact) mass is 344 g/mol. The Bertz CT molecular complexity index is 441. The Kier molecular flexibility index (Phi) is 18.7. The van der Waals surface area contributed by atoms with Crippen molar-refractivity contribution in [1.82, 2.24) is 4.98 Å². The van der Waals surface area contributed by atoms with Gasteiger partial charge in [0.05, 0.1) is 0 Å². The van der Waals surface area contributed by atoms with Crippen LogP contribution < -0.4 is 0 Å². The minimum atomic E-state index is 0. The van der Waals surface area contributed by atoms with Crippen LogP contribution in [0.25, 0.3) is 10.8 Å². The second-order valence-electron chi connectivity index (χ2n) is 2.97. The van der Waals surface area contributed by atoms with E-state index in [1.165, 1.54) is 34.1 Å². The molecule has 0 aliphatic carbocycles. The number of hydrogen-bond donors (Lipinski definition) is 1. The third-order valence-corrected chi connectivity index (χ3v) is 1.99. The van der Waals surface area contributed by atoms with Gasteiger partial charge in [0.15, 0.2) is 0 Å². The van der Waals surface area contributed by atoms with Crippen LogP contribution in [-0.4, -0.2) is 11.9 Å². The molecule has 0 unspecified atom stereocenters. The van der Waals surface area contributed by atoms with E-state index in [0.29, 0.717) is 0 Å². The fraction of sp³-hybridized carbons (Fsp3) is 0. The van der Waals surface area contributed by atoms with E-state index in [2.05, 4.69) is 60.5 Å². The first-order valence-corrected chi connectivity index (χ1v) is 9.00. The maximum atomic E-state index is 3.06. The van der Waals surface area contributed by atoms with Crippen LogP contribution in [0.5, 0.6) is 0 Å². The molecule has 0 bridgehead atoms. The van der Waals surface area contributed by atoms with Crippen LogP contribution in [0.3, 0.4) is 0 Å². The normalized spacial score (nSPS) is 7.11. The van der Waals surface area contributed by atoms with Gasteiger partial charge in [0.1, 0.15) is 0 Å². The Morgan fingerprint density at radius 2 is 1.68 bits per heavy atom. The standard InChI is InChI=1S/C9H7.C4H4N.3CH3.Si.Zr/c1-2-5-9-7-3-6-8(9)4-1;1-2-4-5-3-1;;;;;/h1-7H;1-3,5H;3*1H3;;/q5*-1;;. The summed E-state index contributed by atoms with van der Waals surface area (Å²) in [4.78, 5) is 2.74.